The summed E-state index contributed by atoms with van der Waals surface area (Å²) in [6, 6.07) is 2.14. The highest BCUT2D eigenvalue weighted by atomic mass is 35.5. The largest absolute Gasteiger partial charge is 0.463 e. The lowest BCUT2D eigenvalue weighted by molar-refractivity contribution is -0.138. The van der Waals surface area contributed by atoms with Crippen molar-refractivity contribution in [2.24, 2.45) is 0 Å². The summed E-state index contributed by atoms with van der Waals surface area (Å²) in [5.74, 6) is -2.49. The number of ketones is 1. The number of hydrogen-bond acceptors (Lipinski definition) is 3. The Morgan fingerprint density at radius 1 is 1.29 bits per heavy atom. The number of hydrogen-bond donors (Lipinski definition) is 0. The minimum absolute atomic E-state index is 0.242. The van der Waals surface area contributed by atoms with Crippen molar-refractivity contribution in [3.05, 3.63) is 34.3 Å². The number of benzene rings is 1. The molecule has 0 saturated heterocycles. The van der Waals surface area contributed by atoms with Gasteiger partial charge >= 0.3 is 12.1 Å². The van der Waals surface area contributed by atoms with Crippen molar-refractivity contribution in [2.75, 3.05) is 7.11 Å². The van der Waals surface area contributed by atoms with E-state index in [2.05, 4.69) is 4.74 Å². The Morgan fingerprint density at radius 3 is 2.35 bits per heavy atom. The summed E-state index contributed by atoms with van der Waals surface area (Å²) in [6.45, 7) is 0. The van der Waals surface area contributed by atoms with Crippen LogP contribution in [0.15, 0.2) is 18.2 Å². The molecule has 0 aliphatic heterocycles. The van der Waals surface area contributed by atoms with E-state index < -0.39 is 29.1 Å². The molecule has 92 valence electrons. The molecule has 17 heavy (non-hydrogen) atoms. The van der Waals surface area contributed by atoms with Gasteiger partial charge in [-0.25, -0.2) is 4.79 Å². The zero-order chi connectivity index (χ0) is 13.2. The second kappa shape index (κ2) is 4.75. The molecule has 1 aromatic carbocycles. The molecule has 0 atom stereocenters. The van der Waals surface area contributed by atoms with Gasteiger partial charge in [-0.2, -0.15) is 13.2 Å². The molecule has 0 spiro atoms. The molecule has 1 aromatic rings. The Kier molecular flexibility index (Phi) is 3.77. The van der Waals surface area contributed by atoms with E-state index in [9.17, 15) is 22.8 Å². The molecular formula is C10H6ClF3O3. The van der Waals surface area contributed by atoms with Crippen LogP contribution in [0.2, 0.25) is 5.02 Å². The van der Waals surface area contributed by atoms with Crippen LogP contribution in [-0.2, 0) is 15.7 Å². The molecular weight excluding hydrogens is 261 g/mol. The summed E-state index contributed by atoms with van der Waals surface area (Å²) in [6.07, 6.45) is -4.62. The monoisotopic (exact) mass is 266 g/mol. The topological polar surface area (TPSA) is 43.4 Å². The first-order valence-corrected chi connectivity index (χ1v) is 4.64. The van der Waals surface area contributed by atoms with Gasteiger partial charge in [-0.1, -0.05) is 11.6 Å². The highest BCUT2D eigenvalue weighted by molar-refractivity contribution is 6.45. The predicted octanol–water partition coefficient (Wildman–Crippen LogP) is 2.71. The third-order valence-electron chi connectivity index (χ3n) is 1.91. The highest BCUT2D eigenvalue weighted by Crippen LogP contribution is 2.31. The lowest BCUT2D eigenvalue weighted by Gasteiger charge is -2.09. The fourth-order valence-electron chi connectivity index (χ4n) is 1.08. The molecule has 1 rings (SSSR count). The van der Waals surface area contributed by atoms with Gasteiger partial charge in [0.2, 0.25) is 0 Å². The molecule has 3 nitrogen and oxygen atoms in total. The van der Waals surface area contributed by atoms with Crippen LogP contribution in [0.25, 0.3) is 0 Å². The van der Waals surface area contributed by atoms with Crippen LogP contribution in [0.3, 0.4) is 0 Å². The highest BCUT2D eigenvalue weighted by Gasteiger charge is 2.32. The summed E-state index contributed by atoms with van der Waals surface area (Å²) in [7, 11) is 0.946. The van der Waals surface area contributed by atoms with Gasteiger partial charge in [0.25, 0.3) is 5.78 Å². The molecule has 0 aliphatic rings. The van der Waals surface area contributed by atoms with Crippen LogP contribution in [0.4, 0.5) is 13.2 Å². The van der Waals surface area contributed by atoms with Crippen molar-refractivity contribution in [3.63, 3.8) is 0 Å². The first kappa shape index (κ1) is 13.5. The summed E-state index contributed by atoms with van der Waals surface area (Å²) in [4.78, 5) is 22.3. The van der Waals surface area contributed by atoms with Crippen molar-refractivity contribution in [3.8, 4) is 0 Å². The first-order valence-electron chi connectivity index (χ1n) is 4.26. The molecule has 0 heterocycles. The summed E-state index contributed by atoms with van der Waals surface area (Å²) >= 11 is 5.55. The smallest absolute Gasteiger partial charge is 0.416 e. The van der Waals surface area contributed by atoms with Crippen molar-refractivity contribution < 1.29 is 27.5 Å². The molecule has 0 saturated carbocycles. The van der Waals surface area contributed by atoms with Gasteiger partial charge in [-0.05, 0) is 18.2 Å². The SMILES string of the molecule is COC(=O)C(=O)c1cc(C(F)(F)F)ccc1Cl. The van der Waals surface area contributed by atoms with E-state index in [0.29, 0.717) is 6.07 Å². The summed E-state index contributed by atoms with van der Waals surface area (Å²) in [5.41, 5.74) is -1.59. The number of esters is 1. The maximum absolute atomic E-state index is 12.4. The van der Waals surface area contributed by atoms with Crippen molar-refractivity contribution in [1.82, 2.24) is 0 Å². The first-order chi connectivity index (χ1) is 7.77. The van der Waals surface area contributed by atoms with Crippen LogP contribution in [-0.4, -0.2) is 18.9 Å². The van der Waals surface area contributed by atoms with Crippen LogP contribution in [0, 0.1) is 0 Å². The van der Waals surface area contributed by atoms with Gasteiger partial charge in [0, 0.05) is 5.56 Å². The van der Waals surface area contributed by atoms with E-state index in [1.165, 1.54) is 0 Å². The zero-order valence-corrected chi connectivity index (χ0v) is 9.22. The Balaban J connectivity index is 3.25. The number of carbonyl (C=O) groups is 2. The Labute approximate surface area is 99.1 Å². The summed E-state index contributed by atoms with van der Waals surface area (Å²) in [5, 5.41) is -0.242. The van der Waals surface area contributed by atoms with Gasteiger partial charge in [-0.3, -0.25) is 4.79 Å². The maximum atomic E-state index is 12.4. The van der Waals surface area contributed by atoms with E-state index >= 15 is 0 Å². The van der Waals surface area contributed by atoms with Crippen molar-refractivity contribution in [1.29, 1.82) is 0 Å². The Morgan fingerprint density at radius 2 is 1.88 bits per heavy atom. The molecule has 0 unspecified atom stereocenters. The van der Waals surface area contributed by atoms with E-state index in [1.54, 1.807) is 0 Å². The number of Topliss-reactive ketones (excluding diaryl/α,β-unsaturated/α-hetero) is 1. The zero-order valence-electron chi connectivity index (χ0n) is 8.47. The van der Waals surface area contributed by atoms with Gasteiger partial charge in [0.05, 0.1) is 17.7 Å². The molecule has 0 aliphatic carbocycles. The molecule has 0 bridgehead atoms. The lowest BCUT2D eigenvalue weighted by Crippen LogP contribution is -2.17. The van der Waals surface area contributed by atoms with E-state index in [4.69, 9.17) is 11.6 Å². The number of ether oxygens (including phenoxy) is 1. The van der Waals surface area contributed by atoms with Crippen LogP contribution >= 0.6 is 11.6 Å². The summed E-state index contributed by atoms with van der Waals surface area (Å²) < 4.78 is 41.2. The quantitative estimate of drug-likeness (QED) is 0.470. The second-order valence-electron chi connectivity index (χ2n) is 3.01. The van der Waals surface area contributed by atoms with Crippen LogP contribution in [0.5, 0.6) is 0 Å². The van der Waals surface area contributed by atoms with Gasteiger partial charge in [0.15, 0.2) is 0 Å². The molecule has 0 amide bonds. The molecule has 0 aromatic heterocycles. The normalized spacial score (nSPS) is 11.1. The van der Waals surface area contributed by atoms with Crippen molar-refractivity contribution in [2.45, 2.75) is 6.18 Å². The van der Waals surface area contributed by atoms with Crippen molar-refractivity contribution >= 4 is 23.4 Å². The lowest BCUT2D eigenvalue weighted by atomic mass is 10.1. The van der Waals surface area contributed by atoms with Crippen LogP contribution in [0.1, 0.15) is 15.9 Å². The molecule has 7 heteroatoms. The average Bonchev–Trinajstić information content (AvgIpc) is 2.26. The van der Waals surface area contributed by atoms with E-state index in [1.807, 2.05) is 0 Å². The Hall–Kier alpha value is -1.56. The predicted molar refractivity (Wildman–Crippen MR) is 52.8 cm³/mol. The van der Waals surface area contributed by atoms with Gasteiger partial charge < -0.3 is 4.74 Å². The number of alkyl halides is 3. The standard InChI is InChI=1S/C10H6ClF3O3/c1-17-9(16)8(15)6-4-5(10(12,13)14)2-3-7(6)11/h2-4H,1H3. The van der Waals surface area contributed by atoms with E-state index in [-0.39, 0.29) is 5.02 Å². The second-order valence-corrected chi connectivity index (χ2v) is 3.42. The average molecular weight is 267 g/mol. The fraction of sp³-hybridized carbons (Fsp3) is 0.200. The van der Waals surface area contributed by atoms with E-state index in [0.717, 1.165) is 19.2 Å². The van der Waals surface area contributed by atoms with Crippen LogP contribution < -0.4 is 0 Å². The number of methoxy groups -OCH3 is 1. The van der Waals surface area contributed by atoms with Gasteiger partial charge in [0.1, 0.15) is 0 Å². The number of halogens is 4. The van der Waals surface area contributed by atoms with Gasteiger partial charge in [-0.15, -0.1) is 0 Å². The number of carbonyl (C=O) groups excluding carboxylic acids is 2. The minimum atomic E-state index is -4.62. The molecule has 0 radical (unpaired) electrons. The fourth-order valence-corrected chi connectivity index (χ4v) is 1.28. The molecule has 0 fully saturated rings. The third kappa shape index (κ3) is 2.97. The Bertz CT molecular complexity index is 468. The number of rotatable bonds is 2. The molecule has 0 N–H and O–H groups in total. The maximum Gasteiger partial charge on any atom is 0.416 e. The third-order valence-corrected chi connectivity index (χ3v) is 2.24. The minimum Gasteiger partial charge on any atom is -0.463 e.